The molecule has 0 heterocycles. The number of carbonyl (C=O) groups excluding carboxylic acids is 1. The molecule has 18 heavy (non-hydrogen) atoms. The molecule has 0 N–H and O–H groups in total. The Labute approximate surface area is 107 Å². The van der Waals surface area contributed by atoms with E-state index in [-0.39, 0.29) is 17.6 Å². The Morgan fingerprint density at radius 1 is 1.17 bits per heavy atom. The van der Waals surface area contributed by atoms with Crippen molar-refractivity contribution in [3.63, 3.8) is 0 Å². The summed E-state index contributed by atoms with van der Waals surface area (Å²) in [5.41, 5.74) is 0.922. The monoisotopic (exact) mass is 238 g/mol. The molecule has 3 nitrogen and oxygen atoms in total. The molecule has 0 saturated heterocycles. The van der Waals surface area contributed by atoms with Crippen molar-refractivity contribution in [3.05, 3.63) is 35.9 Å². The molecule has 2 rings (SSSR count). The van der Waals surface area contributed by atoms with Gasteiger partial charge >= 0.3 is 0 Å². The molecule has 2 atom stereocenters. The Bertz CT molecular complexity index is 496. The fourth-order valence-corrected chi connectivity index (χ4v) is 2.74. The highest BCUT2D eigenvalue weighted by atomic mass is 16.1. The molecular weight excluding hydrogens is 224 g/mol. The minimum absolute atomic E-state index is 0.170. The van der Waals surface area contributed by atoms with Crippen molar-refractivity contribution in [2.75, 3.05) is 0 Å². The van der Waals surface area contributed by atoms with Crippen LogP contribution >= 0.6 is 0 Å². The third-order valence-electron chi connectivity index (χ3n) is 3.61. The van der Waals surface area contributed by atoms with Crippen LogP contribution in [0.15, 0.2) is 30.3 Å². The molecule has 3 heteroatoms. The maximum atomic E-state index is 11.9. The number of Topliss-reactive ketones (excluding diaryl/α,β-unsaturated/α-hetero) is 1. The van der Waals surface area contributed by atoms with E-state index < -0.39 is 5.92 Å². The Kier molecular flexibility index (Phi) is 3.75. The van der Waals surface area contributed by atoms with E-state index in [4.69, 9.17) is 10.5 Å². The van der Waals surface area contributed by atoms with Crippen LogP contribution in [0.4, 0.5) is 0 Å². The first-order valence-corrected chi connectivity index (χ1v) is 6.15. The number of rotatable bonds is 3. The van der Waals surface area contributed by atoms with Crippen LogP contribution in [0.3, 0.4) is 0 Å². The van der Waals surface area contributed by atoms with E-state index in [1.54, 1.807) is 0 Å². The van der Waals surface area contributed by atoms with Crippen molar-refractivity contribution in [3.8, 4) is 12.1 Å². The Balaban J connectivity index is 2.39. The van der Waals surface area contributed by atoms with Crippen LogP contribution < -0.4 is 0 Å². The molecule has 1 aliphatic carbocycles. The molecule has 0 radical (unpaired) electrons. The Morgan fingerprint density at radius 2 is 1.83 bits per heavy atom. The minimum Gasteiger partial charge on any atom is -0.299 e. The molecule has 0 spiro atoms. The molecule has 1 aromatic carbocycles. The first-order chi connectivity index (χ1) is 8.77. The average Bonchev–Trinajstić information content (AvgIpc) is 2.83. The van der Waals surface area contributed by atoms with Gasteiger partial charge in [-0.25, -0.2) is 0 Å². The fraction of sp³-hybridized carbons (Fsp3) is 0.400. The van der Waals surface area contributed by atoms with Crippen molar-refractivity contribution in [1.29, 1.82) is 10.5 Å². The van der Waals surface area contributed by atoms with E-state index in [1.807, 2.05) is 42.5 Å². The second kappa shape index (κ2) is 5.47. The van der Waals surface area contributed by atoms with Gasteiger partial charge in [-0.15, -0.1) is 0 Å². The average molecular weight is 238 g/mol. The summed E-state index contributed by atoms with van der Waals surface area (Å²) in [4.78, 5) is 11.9. The fourth-order valence-electron chi connectivity index (χ4n) is 2.74. The van der Waals surface area contributed by atoms with Crippen molar-refractivity contribution in [2.45, 2.75) is 25.2 Å². The van der Waals surface area contributed by atoms with Gasteiger partial charge in [-0.2, -0.15) is 10.5 Å². The molecule has 0 aliphatic heterocycles. The maximum Gasteiger partial charge on any atom is 0.140 e. The molecule has 1 fully saturated rings. The Morgan fingerprint density at radius 3 is 2.33 bits per heavy atom. The highest BCUT2D eigenvalue weighted by molar-refractivity contribution is 5.84. The van der Waals surface area contributed by atoms with Crippen LogP contribution in [0.5, 0.6) is 0 Å². The quantitative estimate of drug-likeness (QED) is 0.813. The van der Waals surface area contributed by atoms with E-state index >= 15 is 0 Å². The van der Waals surface area contributed by atoms with Crippen LogP contribution in [-0.4, -0.2) is 5.78 Å². The van der Waals surface area contributed by atoms with Gasteiger partial charge in [-0.3, -0.25) is 4.79 Å². The summed E-state index contributed by atoms with van der Waals surface area (Å²) < 4.78 is 0. The van der Waals surface area contributed by atoms with Gasteiger partial charge in [0.15, 0.2) is 0 Å². The highest BCUT2D eigenvalue weighted by Gasteiger charge is 2.37. The summed E-state index contributed by atoms with van der Waals surface area (Å²) >= 11 is 0. The summed E-state index contributed by atoms with van der Waals surface area (Å²) in [6.45, 7) is 0. The van der Waals surface area contributed by atoms with Crippen LogP contribution in [0.2, 0.25) is 0 Å². The highest BCUT2D eigenvalue weighted by Crippen LogP contribution is 2.39. The van der Waals surface area contributed by atoms with E-state index in [1.165, 1.54) is 0 Å². The number of nitrogens with zero attached hydrogens (tertiary/aromatic N) is 2. The zero-order chi connectivity index (χ0) is 13.0. The summed E-state index contributed by atoms with van der Waals surface area (Å²) in [6.07, 6.45) is 2.24. The first-order valence-electron chi connectivity index (χ1n) is 6.15. The maximum absolute atomic E-state index is 11.9. The van der Waals surface area contributed by atoms with Crippen LogP contribution in [0.1, 0.15) is 30.7 Å². The third kappa shape index (κ3) is 2.26. The standard InChI is InChI=1S/C15H14N2O/c16-9-12(10-17)15(11-5-2-1-3-6-11)13-7-4-8-14(13)18/h1-3,5-6,12-13,15H,4,7-8H2. The normalized spacial score (nSPS) is 20.4. The van der Waals surface area contributed by atoms with E-state index in [9.17, 15) is 4.79 Å². The molecular formula is C15H14N2O. The lowest BCUT2D eigenvalue weighted by Crippen LogP contribution is -2.23. The number of ketones is 1. The van der Waals surface area contributed by atoms with Crippen molar-refractivity contribution in [2.24, 2.45) is 11.8 Å². The van der Waals surface area contributed by atoms with Crippen LogP contribution in [0, 0.1) is 34.5 Å². The van der Waals surface area contributed by atoms with E-state index in [0.29, 0.717) is 6.42 Å². The largest absolute Gasteiger partial charge is 0.299 e. The van der Waals surface area contributed by atoms with E-state index in [0.717, 1.165) is 18.4 Å². The molecule has 1 aromatic rings. The lowest BCUT2D eigenvalue weighted by Gasteiger charge is -2.23. The summed E-state index contributed by atoms with van der Waals surface area (Å²) in [5.74, 6) is -1.01. The number of benzene rings is 1. The van der Waals surface area contributed by atoms with Crippen molar-refractivity contribution in [1.82, 2.24) is 0 Å². The number of hydrogen-bond acceptors (Lipinski definition) is 3. The zero-order valence-corrected chi connectivity index (χ0v) is 10.0. The van der Waals surface area contributed by atoms with Gasteiger partial charge in [0.2, 0.25) is 0 Å². The minimum atomic E-state index is -0.751. The number of carbonyl (C=O) groups is 1. The number of nitriles is 2. The van der Waals surface area contributed by atoms with Gasteiger partial charge in [0, 0.05) is 18.3 Å². The van der Waals surface area contributed by atoms with Crippen molar-refractivity contribution < 1.29 is 4.79 Å². The van der Waals surface area contributed by atoms with Gasteiger partial charge < -0.3 is 0 Å². The lowest BCUT2D eigenvalue weighted by atomic mass is 9.76. The predicted molar refractivity (Wildman–Crippen MR) is 66.2 cm³/mol. The molecule has 90 valence electrons. The lowest BCUT2D eigenvalue weighted by molar-refractivity contribution is -0.121. The SMILES string of the molecule is N#CC(C#N)C(c1ccccc1)C1CCCC1=O. The first kappa shape index (κ1) is 12.3. The Hall–Kier alpha value is -2.13. The summed E-state index contributed by atoms with van der Waals surface area (Å²) in [5, 5.41) is 18.2. The zero-order valence-electron chi connectivity index (χ0n) is 10.0. The summed E-state index contributed by atoms with van der Waals surface area (Å²) in [7, 11) is 0. The summed E-state index contributed by atoms with van der Waals surface area (Å²) in [6, 6.07) is 13.5. The van der Waals surface area contributed by atoms with Gasteiger partial charge in [0.1, 0.15) is 11.7 Å². The van der Waals surface area contributed by atoms with Gasteiger partial charge in [-0.1, -0.05) is 30.3 Å². The van der Waals surface area contributed by atoms with Gasteiger partial charge in [-0.05, 0) is 18.4 Å². The molecule has 0 amide bonds. The molecule has 0 bridgehead atoms. The topological polar surface area (TPSA) is 64.7 Å². The van der Waals surface area contributed by atoms with E-state index in [2.05, 4.69) is 0 Å². The van der Waals surface area contributed by atoms with Crippen molar-refractivity contribution >= 4 is 5.78 Å². The number of hydrogen-bond donors (Lipinski definition) is 0. The molecule has 1 saturated carbocycles. The van der Waals surface area contributed by atoms with Crippen LogP contribution in [0.25, 0.3) is 0 Å². The second-order valence-electron chi connectivity index (χ2n) is 4.64. The van der Waals surface area contributed by atoms with Crippen LogP contribution in [-0.2, 0) is 4.79 Å². The molecule has 0 aromatic heterocycles. The second-order valence-corrected chi connectivity index (χ2v) is 4.64. The molecule has 1 aliphatic rings. The molecule has 2 unspecified atom stereocenters. The van der Waals surface area contributed by atoms with Gasteiger partial charge in [0.25, 0.3) is 0 Å². The van der Waals surface area contributed by atoms with Gasteiger partial charge in [0.05, 0.1) is 12.1 Å². The predicted octanol–water partition coefficient (Wildman–Crippen LogP) is 2.80. The smallest absolute Gasteiger partial charge is 0.140 e. The third-order valence-corrected chi connectivity index (χ3v) is 3.61.